The summed E-state index contributed by atoms with van der Waals surface area (Å²) < 4.78 is 5.98. The van der Waals surface area contributed by atoms with Gasteiger partial charge in [0.15, 0.2) is 0 Å². The number of anilines is 1. The summed E-state index contributed by atoms with van der Waals surface area (Å²) >= 11 is 0. The Hall–Kier alpha value is -2.53. The molecule has 0 bridgehead atoms. The number of aromatic hydroxyl groups is 1. The van der Waals surface area contributed by atoms with Crippen molar-refractivity contribution in [3.8, 4) is 11.5 Å². The molecule has 3 rings (SSSR count). The Morgan fingerprint density at radius 2 is 1.88 bits per heavy atom. The van der Waals surface area contributed by atoms with Crippen LogP contribution in [-0.2, 0) is 4.79 Å². The minimum Gasteiger partial charge on any atom is -0.508 e. The van der Waals surface area contributed by atoms with Crippen molar-refractivity contribution in [2.75, 3.05) is 32.1 Å². The van der Waals surface area contributed by atoms with Gasteiger partial charge in [-0.1, -0.05) is 18.2 Å². The zero-order chi connectivity index (χ0) is 17.3. The Balaban J connectivity index is 1.98. The molecule has 0 spiro atoms. The Bertz CT molecular complexity index is 741. The van der Waals surface area contributed by atoms with E-state index in [1.54, 1.807) is 29.2 Å². The monoisotopic (exact) mass is 326 g/mol. The molecule has 24 heavy (non-hydrogen) atoms. The number of phenols is 1. The number of rotatable bonds is 4. The van der Waals surface area contributed by atoms with Gasteiger partial charge < -0.3 is 19.6 Å². The molecule has 1 aliphatic rings. The standard InChI is InChI=1S/C19H22N2O3/c1-13-4-9-17-16(12-13)21(11-10-20(2)3)19(23)18(24-17)14-5-7-15(22)8-6-14/h4-9,12,18,22H,10-11H2,1-3H3. The molecule has 0 saturated heterocycles. The molecule has 1 aliphatic heterocycles. The van der Waals surface area contributed by atoms with E-state index in [2.05, 4.69) is 0 Å². The van der Waals surface area contributed by atoms with Gasteiger partial charge in [-0.05, 0) is 50.8 Å². The van der Waals surface area contributed by atoms with E-state index in [-0.39, 0.29) is 11.7 Å². The van der Waals surface area contributed by atoms with Crippen LogP contribution in [0.25, 0.3) is 0 Å². The number of hydrogen-bond donors (Lipinski definition) is 1. The molecular formula is C19H22N2O3. The van der Waals surface area contributed by atoms with E-state index in [1.807, 2.05) is 44.1 Å². The minimum atomic E-state index is -0.692. The van der Waals surface area contributed by atoms with E-state index in [1.165, 1.54) is 0 Å². The van der Waals surface area contributed by atoms with Gasteiger partial charge in [0, 0.05) is 18.7 Å². The Morgan fingerprint density at radius 3 is 2.54 bits per heavy atom. The van der Waals surface area contributed by atoms with Gasteiger partial charge in [-0.3, -0.25) is 4.79 Å². The van der Waals surface area contributed by atoms with Crippen LogP contribution in [-0.4, -0.2) is 43.1 Å². The zero-order valence-electron chi connectivity index (χ0n) is 14.2. The Kier molecular flexibility index (Phi) is 4.44. The lowest BCUT2D eigenvalue weighted by Crippen LogP contribution is -2.44. The van der Waals surface area contributed by atoms with Crippen molar-refractivity contribution < 1.29 is 14.6 Å². The molecule has 0 fully saturated rings. The van der Waals surface area contributed by atoms with Crippen molar-refractivity contribution in [3.05, 3.63) is 53.6 Å². The van der Waals surface area contributed by atoms with Crippen LogP contribution in [0.5, 0.6) is 11.5 Å². The van der Waals surface area contributed by atoms with E-state index in [9.17, 15) is 9.90 Å². The van der Waals surface area contributed by atoms with Crippen LogP contribution < -0.4 is 9.64 Å². The fourth-order valence-electron chi connectivity index (χ4n) is 2.77. The number of carbonyl (C=O) groups is 1. The maximum atomic E-state index is 13.0. The largest absolute Gasteiger partial charge is 0.508 e. The summed E-state index contributed by atoms with van der Waals surface area (Å²) in [6.07, 6.45) is -0.692. The number of aryl methyl sites for hydroxylation is 1. The number of likely N-dealkylation sites (N-methyl/N-ethyl adjacent to an activating group) is 1. The molecule has 1 N–H and O–H groups in total. The van der Waals surface area contributed by atoms with Crippen molar-refractivity contribution >= 4 is 11.6 Å². The van der Waals surface area contributed by atoms with Gasteiger partial charge >= 0.3 is 0 Å². The highest BCUT2D eigenvalue weighted by atomic mass is 16.5. The number of ether oxygens (including phenoxy) is 1. The fraction of sp³-hybridized carbons (Fsp3) is 0.316. The molecule has 1 atom stereocenters. The van der Waals surface area contributed by atoms with Crippen molar-refractivity contribution in [3.63, 3.8) is 0 Å². The molecule has 0 aromatic heterocycles. The summed E-state index contributed by atoms with van der Waals surface area (Å²) in [5.41, 5.74) is 2.64. The number of amides is 1. The first-order valence-electron chi connectivity index (χ1n) is 7.98. The van der Waals surface area contributed by atoms with Gasteiger partial charge in [-0.2, -0.15) is 0 Å². The van der Waals surface area contributed by atoms with Crippen molar-refractivity contribution in [2.24, 2.45) is 0 Å². The number of hydrogen-bond acceptors (Lipinski definition) is 4. The number of fused-ring (bicyclic) bond motifs is 1. The fourth-order valence-corrected chi connectivity index (χ4v) is 2.77. The summed E-state index contributed by atoms with van der Waals surface area (Å²) in [5.74, 6) is 0.792. The SMILES string of the molecule is Cc1ccc2c(c1)N(CCN(C)C)C(=O)C(c1ccc(O)cc1)O2. The molecule has 1 unspecified atom stereocenters. The summed E-state index contributed by atoms with van der Waals surface area (Å²) in [6.45, 7) is 3.36. The van der Waals surface area contributed by atoms with Crippen molar-refractivity contribution in [2.45, 2.75) is 13.0 Å². The van der Waals surface area contributed by atoms with Crippen molar-refractivity contribution in [1.29, 1.82) is 0 Å². The smallest absolute Gasteiger partial charge is 0.272 e. The molecule has 0 radical (unpaired) electrons. The Morgan fingerprint density at radius 1 is 1.17 bits per heavy atom. The van der Waals surface area contributed by atoms with Crippen LogP contribution in [0, 0.1) is 6.92 Å². The molecule has 5 nitrogen and oxygen atoms in total. The molecule has 126 valence electrons. The highest BCUT2D eigenvalue weighted by molar-refractivity contribution is 6.00. The maximum absolute atomic E-state index is 13.0. The Labute approximate surface area is 142 Å². The second-order valence-corrected chi connectivity index (χ2v) is 6.35. The molecule has 0 saturated carbocycles. The van der Waals surface area contributed by atoms with Crippen LogP contribution in [0.4, 0.5) is 5.69 Å². The highest BCUT2D eigenvalue weighted by Crippen LogP contribution is 2.39. The van der Waals surface area contributed by atoms with Crippen LogP contribution in [0.3, 0.4) is 0 Å². The lowest BCUT2D eigenvalue weighted by atomic mass is 10.0. The summed E-state index contributed by atoms with van der Waals surface area (Å²) in [4.78, 5) is 16.9. The van der Waals surface area contributed by atoms with E-state index in [0.717, 1.165) is 23.4 Å². The average molecular weight is 326 g/mol. The average Bonchev–Trinajstić information content (AvgIpc) is 2.54. The van der Waals surface area contributed by atoms with Crippen molar-refractivity contribution in [1.82, 2.24) is 4.90 Å². The van der Waals surface area contributed by atoms with E-state index < -0.39 is 6.10 Å². The molecule has 2 aromatic rings. The second kappa shape index (κ2) is 6.53. The predicted molar refractivity (Wildman–Crippen MR) is 93.6 cm³/mol. The summed E-state index contributed by atoms with van der Waals surface area (Å²) in [5, 5.41) is 9.46. The lowest BCUT2D eigenvalue weighted by molar-refractivity contribution is -0.126. The quantitative estimate of drug-likeness (QED) is 0.939. The van der Waals surface area contributed by atoms with Crippen LogP contribution in [0.15, 0.2) is 42.5 Å². The first-order chi connectivity index (χ1) is 11.5. The third-order valence-corrected chi connectivity index (χ3v) is 4.11. The maximum Gasteiger partial charge on any atom is 0.272 e. The molecule has 5 heteroatoms. The van der Waals surface area contributed by atoms with Crippen LogP contribution in [0.1, 0.15) is 17.2 Å². The minimum absolute atomic E-state index is 0.0827. The lowest BCUT2D eigenvalue weighted by Gasteiger charge is -2.35. The van der Waals surface area contributed by atoms with Crippen LogP contribution >= 0.6 is 0 Å². The van der Waals surface area contributed by atoms with E-state index in [0.29, 0.717) is 12.3 Å². The predicted octanol–water partition coefficient (Wildman–Crippen LogP) is 2.73. The number of phenolic OH excluding ortho intramolecular Hbond substituents is 1. The van der Waals surface area contributed by atoms with Gasteiger partial charge in [0.2, 0.25) is 6.10 Å². The second-order valence-electron chi connectivity index (χ2n) is 6.35. The van der Waals surface area contributed by atoms with Gasteiger partial charge in [-0.25, -0.2) is 0 Å². The molecular weight excluding hydrogens is 304 g/mol. The summed E-state index contributed by atoms with van der Waals surface area (Å²) in [7, 11) is 3.97. The van der Waals surface area contributed by atoms with Gasteiger partial charge in [0.25, 0.3) is 5.91 Å². The topological polar surface area (TPSA) is 53.0 Å². The number of carbonyl (C=O) groups excluding carboxylic acids is 1. The molecule has 0 aliphatic carbocycles. The number of nitrogens with zero attached hydrogens (tertiary/aromatic N) is 2. The van der Waals surface area contributed by atoms with Gasteiger partial charge in [-0.15, -0.1) is 0 Å². The molecule has 1 amide bonds. The third-order valence-electron chi connectivity index (χ3n) is 4.11. The third kappa shape index (κ3) is 3.21. The summed E-state index contributed by atoms with van der Waals surface area (Å²) in [6, 6.07) is 12.5. The first kappa shape index (κ1) is 16.3. The van der Waals surface area contributed by atoms with E-state index >= 15 is 0 Å². The number of benzene rings is 2. The van der Waals surface area contributed by atoms with Gasteiger partial charge in [0.05, 0.1) is 5.69 Å². The molecule has 1 heterocycles. The highest BCUT2D eigenvalue weighted by Gasteiger charge is 2.35. The normalized spacial score (nSPS) is 16.9. The molecule has 2 aromatic carbocycles. The zero-order valence-corrected chi connectivity index (χ0v) is 14.2. The van der Waals surface area contributed by atoms with Crippen LogP contribution in [0.2, 0.25) is 0 Å². The van der Waals surface area contributed by atoms with Gasteiger partial charge in [0.1, 0.15) is 11.5 Å². The first-order valence-corrected chi connectivity index (χ1v) is 7.98. The van der Waals surface area contributed by atoms with E-state index in [4.69, 9.17) is 4.74 Å².